The van der Waals surface area contributed by atoms with Crippen LogP contribution in [0.2, 0.25) is 0 Å². The first-order valence-electron chi connectivity index (χ1n) is 7.89. The molecule has 1 aliphatic carbocycles. The Hall–Kier alpha value is -1.14. The Balaban J connectivity index is 2.20. The Bertz CT molecular complexity index is 553. The average Bonchev–Trinajstić information content (AvgIpc) is 2.83. The van der Waals surface area contributed by atoms with E-state index in [0.29, 0.717) is 23.2 Å². The fourth-order valence-corrected chi connectivity index (χ4v) is 4.05. The molecule has 0 radical (unpaired) electrons. The van der Waals surface area contributed by atoms with Crippen molar-refractivity contribution in [3.05, 3.63) is 16.0 Å². The van der Waals surface area contributed by atoms with E-state index < -0.39 is 0 Å². The third kappa shape index (κ3) is 4.20. The molecular weight excluding hydrogens is 316 g/mol. The molecule has 0 saturated carbocycles. The van der Waals surface area contributed by atoms with Crippen molar-refractivity contribution >= 4 is 39.6 Å². The molecular formula is C16H24N2O2S2. The van der Waals surface area contributed by atoms with E-state index in [9.17, 15) is 4.79 Å². The summed E-state index contributed by atoms with van der Waals surface area (Å²) in [5.74, 6) is 0.275. The maximum absolute atomic E-state index is 12.3. The Morgan fingerprint density at radius 3 is 2.77 bits per heavy atom. The van der Waals surface area contributed by atoms with E-state index in [4.69, 9.17) is 17.0 Å². The van der Waals surface area contributed by atoms with Gasteiger partial charge in [0, 0.05) is 11.4 Å². The quantitative estimate of drug-likeness (QED) is 0.631. The molecule has 1 heterocycles. The van der Waals surface area contributed by atoms with Gasteiger partial charge in [0.25, 0.3) is 0 Å². The minimum absolute atomic E-state index is 0.240. The molecule has 0 saturated heterocycles. The summed E-state index contributed by atoms with van der Waals surface area (Å²) >= 11 is 6.98. The number of ether oxygens (including phenoxy) is 1. The lowest BCUT2D eigenvalue weighted by atomic mass is 9.95. The first kappa shape index (κ1) is 17.2. The van der Waals surface area contributed by atoms with Gasteiger partial charge in [-0.05, 0) is 56.3 Å². The topological polar surface area (TPSA) is 50.4 Å². The molecule has 2 rings (SSSR count). The van der Waals surface area contributed by atoms with Gasteiger partial charge in [0.15, 0.2) is 5.11 Å². The van der Waals surface area contributed by atoms with Crippen molar-refractivity contribution in [1.29, 1.82) is 0 Å². The van der Waals surface area contributed by atoms with E-state index in [1.807, 2.05) is 6.92 Å². The van der Waals surface area contributed by atoms with Crippen molar-refractivity contribution in [1.82, 2.24) is 5.32 Å². The number of hydrogen-bond acceptors (Lipinski definition) is 4. The van der Waals surface area contributed by atoms with E-state index in [0.717, 1.165) is 36.4 Å². The summed E-state index contributed by atoms with van der Waals surface area (Å²) in [6.45, 7) is 7.29. The summed E-state index contributed by atoms with van der Waals surface area (Å²) in [7, 11) is 0. The molecule has 4 nitrogen and oxygen atoms in total. The van der Waals surface area contributed by atoms with Crippen molar-refractivity contribution in [3.63, 3.8) is 0 Å². The van der Waals surface area contributed by atoms with Gasteiger partial charge in [0.05, 0.1) is 12.2 Å². The zero-order chi connectivity index (χ0) is 16.1. The highest BCUT2D eigenvalue weighted by Gasteiger charge is 2.26. The van der Waals surface area contributed by atoms with Crippen LogP contribution in [0.4, 0.5) is 5.00 Å². The summed E-state index contributed by atoms with van der Waals surface area (Å²) in [6, 6.07) is 0. The van der Waals surface area contributed by atoms with Crippen molar-refractivity contribution in [3.8, 4) is 0 Å². The zero-order valence-corrected chi connectivity index (χ0v) is 15.1. The minimum atomic E-state index is -0.240. The summed E-state index contributed by atoms with van der Waals surface area (Å²) in [5, 5.41) is 7.78. The van der Waals surface area contributed by atoms with Gasteiger partial charge < -0.3 is 15.4 Å². The average molecular weight is 341 g/mol. The van der Waals surface area contributed by atoms with Crippen molar-refractivity contribution in [2.75, 3.05) is 18.5 Å². The summed E-state index contributed by atoms with van der Waals surface area (Å²) in [4.78, 5) is 13.6. The molecule has 0 amide bonds. The number of thiophene rings is 1. The van der Waals surface area contributed by atoms with Gasteiger partial charge in [-0.15, -0.1) is 11.3 Å². The molecule has 0 aromatic carbocycles. The van der Waals surface area contributed by atoms with Crippen LogP contribution in [-0.2, 0) is 17.6 Å². The predicted octanol–water partition coefficient (Wildman–Crippen LogP) is 3.75. The Kier molecular flexibility index (Phi) is 6.20. The highest BCUT2D eigenvalue weighted by Crippen LogP contribution is 2.38. The Morgan fingerprint density at radius 1 is 1.36 bits per heavy atom. The predicted molar refractivity (Wildman–Crippen MR) is 96.0 cm³/mol. The highest BCUT2D eigenvalue weighted by atomic mass is 32.1. The van der Waals surface area contributed by atoms with Gasteiger partial charge in [-0.2, -0.15) is 0 Å². The zero-order valence-electron chi connectivity index (χ0n) is 13.5. The lowest BCUT2D eigenvalue weighted by molar-refractivity contribution is 0.0526. The summed E-state index contributed by atoms with van der Waals surface area (Å²) in [6.07, 6.45) is 4.31. The first-order chi connectivity index (χ1) is 10.5. The van der Waals surface area contributed by atoms with Crippen LogP contribution in [0.1, 0.15) is 54.4 Å². The second-order valence-corrected chi connectivity index (χ2v) is 7.38. The lowest BCUT2D eigenvalue weighted by Gasteiger charge is -2.13. The van der Waals surface area contributed by atoms with Crippen LogP contribution >= 0.6 is 23.6 Å². The first-order valence-corrected chi connectivity index (χ1v) is 9.11. The standard InChI is InChI=1S/C16H24N2O2S2/c1-4-20-15(19)13-11-7-5-6-8-12(11)22-14(13)18-16(21)17-9-10(2)3/h10H,4-9H2,1-3H3,(H2,17,18,21). The normalized spacial score (nSPS) is 13.6. The van der Waals surface area contributed by atoms with Gasteiger partial charge in [-0.25, -0.2) is 4.79 Å². The number of thiocarbonyl (C=S) groups is 1. The molecule has 0 atom stereocenters. The van der Waals surface area contributed by atoms with Gasteiger partial charge in [0.2, 0.25) is 0 Å². The van der Waals surface area contributed by atoms with E-state index in [-0.39, 0.29) is 5.97 Å². The maximum Gasteiger partial charge on any atom is 0.341 e. The van der Waals surface area contributed by atoms with Crippen molar-refractivity contribution in [2.24, 2.45) is 5.92 Å². The van der Waals surface area contributed by atoms with Gasteiger partial charge >= 0.3 is 5.97 Å². The fourth-order valence-electron chi connectivity index (χ4n) is 2.52. The number of carbonyl (C=O) groups is 1. The van der Waals surface area contributed by atoms with Crippen LogP contribution in [-0.4, -0.2) is 24.2 Å². The number of anilines is 1. The molecule has 1 aromatic rings. The van der Waals surface area contributed by atoms with Gasteiger partial charge in [-0.3, -0.25) is 0 Å². The number of carbonyl (C=O) groups excluding carboxylic acids is 1. The molecule has 1 aromatic heterocycles. The molecule has 22 heavy (non-hydrogen) atoms. The van der Waals surface area contributed by atoms with Crippen molar-refractivity contribution < 1.29 is 9.53 Å². The molecule has 2 N–H and O–H groups in total. The van der Waals surface area contributed by atoms with Crippen LogP contribution in [0.15, 0.2) is 0 Å². The SMILES string of the molecule is CCOC(=O)c1c(NC(=S)NCC(C)C)sc2c1CCCC2. The molecule has 0 aliphatic heterocycles. The van der Waals surface area contributed by atoms with Gasteiger partial charge in [0.1, 0.15) is 5.00 Å². The van der Waals surface area contributed by atoms with E-state index in [1.54, 1.807) is 11.3 Å². The van der Waals surface area contributed by atoms with Crippen LogP contribution in [0.25, 0.3) is 0 Å². The molecule has 1 aliphatic rings. The van der Waals surface area contributed by atoms with Crippen LogP contribution in [0.5, 0.6) is 0 Å². The smallest absolute Gasteiger partial charge is 0.341 e. The summed E-state index contributed by atoms with van der Waals surface area (Å²) in [5.41, 5.74) is 1.85. The summed E-state index contributed by atoms with van der Waals surface area (Å²) < 4.78 is 5.24. The van der Waals surface area contributed by atoms with E-state index >= 15 is 0 Å². The molecule has 0 bridgehead atoms. The fraction of sp³-hybridized carbons (Fsp3) is 0.625. The van der Waals surface area contributed by atoms with Crippen LogP contribution < -0.4 is 10.6 Å². The number of esters is 1. The number of hydrogen-bond donors (Lipinski definition) is 2. The monoisotopic (exact) mass is 340 g/mol. The largest absolute Gasteiger partial charge is 0.462 e. The minimum Gasteiger partial charge on any atom is -0.462 e. The third-order valence-electron chi connectivity index (χ3n) is 3.55. The highest BCUT2D eigenvalue weighted by molar-refractivity contribution is 7.80. The van der Waals surface area contributed by atoms with Crippen LogP contribution in [0, 0.1) is 5.92 Å². The number of nitrogens with one attached hydrogen (secondary N) is 2. The molecule has 0 unspecified atom stereocenters. The molecule has 6 heteroatoms. The van der Waals surface area contributed by atoms with Crippen LogP contribution in [0.3, 0.4) is 0 Å². The molecule has 122 valence electrons. The third-order valence-corrected chi connectivity index (χ3v) is 5.00. The maximum atomic E-state index is 12.3. The van der Waals surface area contributed by atoms with Gasteiger partial charge in [-0.1, -0.05) is 13.8 Å². The molecule has 0 fully saturated rings. The second-order valence-electron chi connectivity index (χ2n) is 5.86. The van der Waals surface area contributed by atoms with E-state index in [1.165, 1.54) is 11.3 Å². The Labute approximate surface area is 141 Å². The van der Waals surface area contributed by atoms with Crippen molar-refractivity contribution in [2.45, 2.75) is 46.5 Å². The number of rotatable bonds is 5. The number of aryl methyl sites for hydroxylation is 1. The second kappa shape index (κ2) is 7.92. The lowest BCUT2D eigenvalue weighted by Crippen LogP contribution is -2.31. The Morgan fingerprint density at radius 2 is 2.09 bits per heavy atom. The number of fused-ring (bicyclic) bond motifs is 1. The molecule has 0 spiro atoms. The van der Waals surface area contributed by atoms with E-state index in [2.05, 4.69) is 24.5 Å².